The number of carbonyl (C=O) groups excluding carboxylic acids is 1. The minimum atomic E-state index is -4.57. The molecule has 2 heterocycles. The first-order valence-corrected chi connectivity index (χ1v) is 13.3. The summed E-state index contributed by atoms with van der Waals surface area (Å²) in [5.74, 6) is -1.10. The zero-order valence-corrected chi connectivity index (χ0v) is 21.2. The Labute approximate surface area is 223 Å². The van der Waals surface area contributed by atoms with Crippen molar-refractivity contribution in [2.75, 3.05) is 0 Å². The second kappa shape index (κ2) is 9.89. The molecule has 2 aromatic carbocycles. The predicted octanol–water partition coefficient (Wildman–Crippen LogP) is 6.22. The van der Waals surface area contributed by atoms with Crippen molar-refractivity contribution in [1.82, 2.24) is 15.0 Å². The monoisotopic (exact) mass is 539 g/mol. The standard InChI is InChI=1S/C29H28F3N3O4/c30-29(31,32)25-13-19(6-10-24(25)17-5-9-23(36)12-17)27-33-26(34-39-27)18-1-2-20-14-35(15-21(20)11-18)22-7-3-16(4-8-22)28(37)38/h1-2,6,10-11,13,16-17,22H,3-5,7-9,12,14-15H2,(H,37,38). The molecule has 7 nitrogen and oxygen atoms in total. The zero-order chi connectivity index (χ0) is 27.3. The lowest BCUT2D eigenvalue weighted by Gasteiger charge is -2.33. The van der Waals surface area contributed by atoms with E-state index >= 15 is 0 Å². The Morgan fingerprint density at radius 1 is 0.974 bits per heavy atom. The van der Waals surface area contributed by atoms with Gasteiger partial charge in [0.15, 0.2) is 0 Å². The molecule has 1 atom stereocenters. The van der Waals surface area contributed by atoms with E-state index in [9.17, 15) is 27.9 Å². The molecule has 6 rings (SSSR count). The number of halogens is 3. The van der Waals surface area contributed by atoms with Gasteiger partial charge in [-0.05, 0) is 72.9 Å². The number of nitrogens with zero attached hydrogens (tertiary/aromatic N) is 3. The Bertz CT molecular complexity index is 1430. The molecule has 2 saturated carbocycles. The molecule has 0 spiro atoms. The van der Waals surface area contributed by atoms with Crippen LogP contribution in [0.2, 0.25) is 0 Å². The first kappa shape index (κ1) is 25.7. The van der Waals surface area contributed by atoms with Crippen molar-refractivity contribution in [2.45, 2.75) is 76.2 Å². The average molecular weight is 540 g/mol. The first-order valence-electron chi connectivity index (χ1n) is 13.3. The van der Waals surface area contributed by atoms with Gasteiger partial charge in [0.25, 0.3) is 5.89 Å². The van der Waals surface area contributed by atoms with Gasteiger partial charge in [-0.25, -0.2) is 0 Å². The Hall–Kier alpha value is -3.53. The van der Waals surface area contributed by atoms with Crippen molar-refractivity contribution in [1.29, 1.82) is 0 Å². The van der Waals surface area contributed by atoms with Gasteiger partial charge in [-0.2, -0.15) is 18.2 Å². The van der Waals surface area contributed by atoms with Crippen LogP contribution in [-0.2, 0) is 28.9 Å². The third kappa shape index (κ3) is 5.09. The fourth-order valence-corrected chi connectivity index (χ4v) is 6.33. The van der Waals surface area contributed by atoms with Crippen molar-refractivity contribution in [3.05, 3.63) is 58.7 Å². The van der Waals surface area contributed by atoms with Crippen molar-refractivity contribution < 1.29 is 32.4 Å². The number of aliphatic carboxylic acids is 1. The maximum Gasteiger partial charge on any atom is 0.416 e. The molecule has 1 aromatic heterocycles. The molecule has 0 radical (unpaired) electrons. The normalized spacial score (nSPS) is 23.8. The molecule has 1 aliphatic heterocycles. The summed E-state index contributed by atoms with van der Waals surface area (Å²) in [7, 11) is 0. The molecule has 1 unspecified atom stereocenters. The highest BCUT2D eigenvalue weighted by atomic mass is 19.4. The Morgan fingerprint density at radius 2 is 1.72 bits per heavy atom. The molecule has 2 aliphatic carbocycles. The number of carboxylic acid groups (broad SMARTS) is 1. The molecule has 0 saturated heterocycles. The summed E-state index contributed by atoms with van der Waals surface area (Å²) in [5.41, 5.74) is 2.59. The summed E-state index contributed by atoms with van der Waals surface area (Å²) in [6, 6.07) is 10.3. The van der Waals surface area contributed by atoms with Crippen LogP contribution in [0.3, 0.4) is 0 Å². The summed E-state index contributed by atoms with van der Waals surface area (Å²) < 4.78 is 47.2. The minimum absolute atomic E-state index is 0.00173. The average Bonchev–Trinajstić information content (AvgIpc) is 3.67. The van der Waals surface area contributed by atoms with Gasteiger partial charge in [0, 0.05) is 43.1 Å². The van der Waals surface area contributed by atoms with E-state index in [4.69, 9.17) is 4.52 Å². The van der Waals surface area contributed by atoms with Gasteiger partial charge >= 0.3 is 12.1 Å². The molecule has 204 valence electrons. The van der Waals surface area contributed by atoms with Gasteiger partial charge in [0.05, 0.1) is 11.5 Å². The summed E-state index contributed by atoms with van der Waals surface area (Å²) >= 11 is 0. The van der Waals surface area contributed by atoms with Crippen LogP contribution in [0.15, 0.2) is 40.9 Å². The topological polar surface area (TPSA) is 96.5 Å². The molecule has 0 amide bonds. The van der Waals surface area contributed by atoms with Crippen LogP contribution in [-0.4, -0.2) is 37.9 Å². The third-order valence-electron chi connectivity index (χ3n) is 8.49. The fraction of sp³-hybridized carbons (Fsp3) is 0.448. The van der Waals surface area contributed by atoms with Gasteiger partial charge in [0.1, 0.15) is 5.78 Å². The summed E-state index contributed by atoms with van der Waals surface area (Å²) in [6.07, 6.45) is -0.597. The Balaban J connectivity index is 1.20. The van der Waals surface area contributed by atoms with E-state index in [1.54, 1.807) is 6.07 Å². The van der Waals surface area contributed by atoms with Crippen LogP contribution in [0.1, 0.15) is 73.1 Å². The number of hydrogen-bond acceptors (Lipinski definition) is 6. The second-order valence-electron chi connectivity index (χ2n) is 10.9. The SMILES string of the molecule is O=C1CCC(c2ccc(-c3nc(-c4ccc5c(c4)CN(C4CCC(C(=O)O)CC4)C5)no3)cc2C(F)(F)F)C1. The number of ketones is 1. The summed E-state index contributed by atoms with van der Waals surface area (Å²) in [4.78, 5) is 29.7. The Morgan fingerprint density at radius 3 is 2.41 bits per heavy atom. The number of fused-ring (bicyclic) bond motifs is 1. The predicted molar refractivity (Wildman–Crippen MR) is 134 cm³/mol. The molecule has 10 heteroatoms. The lowest BCUT2D eigenvalue weighted by atomic mass is 9.85. The van der Waals surface area contributed by atoms with E-state index in [1.807, 2.05) is 18.2 Å². The van der Waals surface area contributed by atoms with Crippen molar-refractivity contribution in [3.8, 4) is 22.8 Å². The van der Waals surface area contributed by atoms with E-state index in [1.165, 1.54) is 11.6 Å². The van der Waals surface area contributed by atoms with Crippen LogP contribution in [0, 0.1) is 5.92 Å². The number of rotatable bonds is 5. The maximum atomic E-state index is 13.9. The highest BCUT2D eigenvalue weighted by Crippen LogP contribution is 2.42. The summed E-state index contributed by atoms with van der Waals surface area (Å²) in [5, 5.41) is 13.3. The Kier molecular flexibility index (Phi) is 6.53. The molecule has 0 bridgehead atoms. The van der Waals surface area contributed by atoms with E-state index in [0.717, 1.165) is 43.1 Å². The van der Waals surface area contributed by atoms with Crippen LogP contribution < -0.4 is 0 Å². The third-order valence-corrected chi connectivity index (χ3v) is 8.49. The van der Waals surface area contributed by atoms with E-state index in [-0.39, 0.29) is 35.1 Å². The van der Waals surface area contributed by atoms with Crippen molar-refractivity contribution in [2.24, 2.45) is 5.92 Å². The number of carbonyl (C=O) groups is 2. The molecule has 2 fully saturated rings. The first-order chi connectivity index (χ1) is 18.7. The van der Waals surface area contributed by atoms with E-state index < -0.39 is 23.6 Å². The molecule has 1 N–H and O–H groups in total. The lowest BCUT2D eigenvalue weighted by Crippen LogP contribution is -2.35. The van der Waals surface area contributed by atoms with Crippen LogP contribution in [0.5, 0.6) is 0 Å². The van der Waals surface area contributed by atoms with E-state index in [2.05, 4.69) is 15.0 Å². The molecule has 3 aliphatic rings. The number of hydrogen-bond donors (Lipinski definition) is 1. The van der Waals surface area contributed by atoms with Gasteiger partial charge < -0.3 is 9.63 Å². The van der Waals surface area contributed by atoms with Crippen molar-refractivity contribution >= 4 is 11.8 Å². The number of Topliss-reactive ketones (excluding diaryl/α,β-unsaturated/α-hetero) is 1. The number of aromatic nitrogens is 2. The lowest BCUT2D eigenvalue weighted by molar-refractivity contribution is -0.143. The maximum absolute atomic E-state index is 13.9. The zero-order valence-electron chi connectivity index (χ0n) is 21.2. The molecular weight excluding hydrogens is 511 g/mol. The second-order valence-corrected chi connectivity index (χ2v) is 10.9. The molecule has 39 heavy (non-hydrogen) atoms. The fourth-order valence-electron chi connectivity index (χ4n) is 6.33. The highest BCUT2D eigenvalue weighted by molar-refractivity contribution is 5.82. The number of carboxylic acids is 1. The van der Waals surface area contributed by atoms with Gasteiger partial charge in [-0.1, -0.05) is 23.4 Å². The number of alkyl halides is 3. The van der Waals surface area contributed by atoms with Crippen LogP contribution in [0.4, 0.5) is 13.2 Å². The molecular formula is C29H28F3N3O4. The molecule has 3 aromatic rings. The van der Waals surface area contributed by atoms with E-state index in [0.29, 0.717) is 37.5 Å². The largest absolute Gasteiger partial charge is 0.481 e. The van der Waals surface area contributed by atoms with Crippen LogP contribution >= 0.6 is 0 Å². The van der Waals surface area contributed by atoms with Gasteiger partial charge in [-0.15, -0.1) is 0 Å². The summed E-state index contributed by atoms with van der Waals surface area (Å²) in [6.45, 7) is 1.55. The van der Waals surface area contributed by atoms with Crippen molar-refractivity contribution in [3.63, 3.8) is 0 Å². The minimum Gasteiger partial charge on any atom is -0.481 e. The van der Waals surface area contributed by atoms with Gasteiger partial charge in [0.2, 0.25) is 5.82 Å². The number of benzene rings is 2. The smallest absolute Gasteiger partial charge is 0.416 e. The van der Waals surface area contributed by atoms with Crippen LogP contribution in [0.25, 0.3) is 22.8 Å². The van der Waals surface area contributed by atoms with Gasteiger partial charge in [-0.3, -0.25) is 14.5 Å². The highest BCUT2D eigenvalue weighted by Gasteiger charge is 2.38. The quantitative estimate of drug-likeness (QED) is 0.411.